The molecule has 0 saturated carbocycles. The van der Waals surface area contributed by atoms with Crippen LogP contribution in [0.3, 0.4) is 0 Å². The second kappa shape index (κ2) is 43.3. The number of unbranched alkanes of at least 4 members (excludes halogenated alkanes) is 30. The Morgan fingerprint density at radius 1 is 0.509 bits per heavy atom. The lowest BCUT2D eigenvalue weighted by Gasteiger charge is -2.22. The second-order valence-electron chi connectivity index (χ2n) is 16.1. The summed E-state index contributed by atoms with van der Waals surface area (Å²) in [6.07, 6.45) is 47.4. The van der Waals surface area contributed by atoms with E-state index < -0.39 is 12.1 Å². The first-order chi connectivity index (χ1) is 26.0. The van der Waals surface area contributed by atoms with Crippen molar-refractivity contribution in [1.29, 1.82) is 0 Å². The number of hydrogen-bond acceptors (Lipinski definition) is 5. The molecule has 314 valence electrons. The Bertz CT molecular complexity index is 787. The van der Waals surface area contributed by atoms with Crippen molar-refractivity contribution in [2.24, 2.45) is 0 Å². The minimum Gasteiger partial charge on any atom is -0.466 e. The van der Waals surface area contributed by atoms with Gasteiger partial charge in [-0.2, -0.15) is 0 Å². The Morgan fingerprint density at radius 2 is 0.887 bits per heavy atom. The number of rotatable bonds is 43. The fraction of sp³-hybridized carbons (Fsp3) is 0.915. The molecule has 6 nitrogen and oxygen atoms in total. The van der Waals surface area contributed by atoms with Crippen molar-refractivity contribution in [3.63, 3.8) is 0 Å². The predicted molar refractivity (Wildman–Crippen MR) is 227 cm³/mol. The average molecular weight is 750 g/mol. The average Bonchev–Trinajstić information content (AvgIpc) is 3.16. The summed E-state index contributed by atoms with van der Waals surface area (Å²) in [7, 11) is 0. The zero-order valence-corrected chi connectivity index (χ0v) is 35.5. The number of carbonyl (C=O) groups is 2. The SMILES string of the molecule is CCCCCCCCCCCCCCCC(=O)OCCCCC/C=C\CCCCCCCC(=O)NC(CO)C(O)CCCCCCCCCCCCC. The Kier molecular flexibility index (Phi) is 42.2. The summed E-state index contributed by atoms with van der Waals surface area (Å²) in [5.41, 5.74) is 0. The lowest BCUT2D eigenvalue weighted by molar-refractivity contribution is -0.143. The number of aliphatic hydroxyl groups is 2. The van der Waals surface area contributed by atoms with E-state index >= 15 is 0 Å². The van der Waals surface area contributed by atoms with E-state index in [0.717, 1.165) is 77.0 Å². The highest BCUT2D eigenvalue weighted by Crippen LogP contribution is 2.15. The normalized spacial score (nSPS) is 12.8. The Labute approximate surface area is 329 Å². The highest BCUT2D eigenvalue weighted by atomic mass is 16.5. The number of carbonyl (C=O) groups excluding carboxylic acids is 2. The monoisotopic (exact) mass is 750 g/mol. The van der Waals surface area contributed by atoms with E-state index in [2.05, 4.69) is 31.3 Å². The molecule has 0 heterocycles. The Hall–Kier alpha value is -1.40. The molecular weight excluding hydrogens is 659 g/mol. The summed E-state index contributed by atoms with van der Waals surface area (Å²) < 4.78 is 5.43. The highest BCUT2D eigenvalue weighted by Gasteiger charge is 2.20. The highest BCUT2D eigenvalue weighted by molar-refractivity contribution is 5.76. The van der Waals surface area contributed by atoms with Crippen LogP contribution in [0.25, 0.3) is 0 Å². The molecule has 53 heavy (non-hydrogen) atoms. The Morgan fingerprint density at radius 3 is 1.34 bits per heavy atom. The van der Waals surface area contributed by atoms with E-state index in [-0.39, 0.29) is 18.5 Å². The predicted octanol–water partition coefficient (Wildman–Crippen LogP) is 13.4. The maximum Gasteiger partial charge on any atom is 0.305 e. The van der Waals surface area contributed by atoms with Gasteiger partial charge in [0, 0.05) is 12.8 Å². The molecule has 0 rings (SSSR count). The van der Waals surface area contributed by atoms with Gasteiger partial charge in [-0.25, -0.2) is 0 Å². The molecule has 1 amide bonds. The van der Waals surface area contributed by atoms with Crippen LogP contribution >= 0.6 is 0 Å². The molecule has 0 aliphatic rings. The van der Waals surface area contributed by atoms with Gasteiger partial charge < -0.3 is 20.3 Å². The van der Waals surface area contributed by atoms with Crippen LogP contribution in [0.1, 0.15) is 251 Å². The minimum atomic E-state index is -0.677. The van der Waals surface area contributed by atoms with E-state index in [9.17, 15) is 19.8 Å². The van der Waals surface area contributed by atoms with Crippen LogP contribution in [0.4, 0.5) is 0 Å². The van der Waals surface area contributed by atoms with Gasteiger partial charge in [-0.1, -0.05) is 193 Å². The zero-order valence-electron chi connectivity index (χ0n) is 35.5. The lowest BCUT2D eigenvalue weighted by atomic mass is 10.0. The molecule has 0 saturated heterocycles. The number of hydrogen-bond donors (Lipinski definition) is 3. The van der Waals surface area contributed by atoms with Gasteiger partial charge in [0.05, 0.1) is 25.4 Å². The van der Waals surface area contributed by atoms with E-state index in [1.54, 1.807) is 0 Å². The lowest BCUT2D eigenvalue weighted by Crippen LogP contribution is -2.45. The Balaban J connectivity index is 3.50. The summed E-state index contributed by atoms with van der Waals surface area (Å²) in [5.74, 6) is -0.0835. The van der Waals surface area contributed by atoms with Gasteiger partial charge in [0.2, 0.25) is 5.91 Å². The zero-order chi connectivity index (χ0) is 38.7. The van der Waals surface area contributed by atoms with Crippen LogP contribution in [0.5, 0.6) is 0 Å². The first-order valence-electron chi connectivity index (χ1n) is 23.4. The van der Waals surface area contributed by atoms with Gasteiger partial charge in [0.25, 0.3) is 0 Å². The van der Waals surface area contributed by atoms with Crippen LogP contribution in [-0.2, 0) is 14.3 Å². The standard InChI is InChI=1S/C47H91NO5/c1-3-5-7-9-11-13-15-16-21-25-29-33-37-41-47(52)53-42-38-34-30-26-22-18-17-20-24-28-32-36-40-46(51)48-44(43-49)45(50)39-35-31-27-23-19-14-12-10-8-6-4-2/h18,22,44-45,49-50H,3-17,19-21,23-43H2,1-2H3,(H,48,51)/b22-18-. The number of amides is 1. The molecule has 0 spiro atoms. The van der Waals surface area contributed by atoms with Crippen LogP contribution in [0, 0.1) is 0 Å². The van der Waals surface area contributed by atoms with E-state index in [1.807, 2.05) is 0 Å². The minimum absolute atomic E-state index is 0.0216. The molecule has 2 atom stereocenters. The third-order valence-electron chi connectivity index (χ3n) is 10.8. The van der Waals surface area contributed by atoms with Crippen LogP contribution in [0.2, 0.25) is 0 Å². The van der Waals surface area contributed by atoms with Crippen molar-refractivity contribution in [3.8, 4) is 0 Å². The topological polar surface area (TPSA) is 95.9 Å². The van der Waals surface area contributed by atoms with Crippen LogP contribution in [0.15, 0.2) is 12.2 Å². The first-order valence-corrected chi connectivity index (χ1v) is 23.4. The van der Waals surface area contributed by atoms with Crippen molar-refractivity contribution < 1.29 is 24.5 Å². The van der Waals surface area contributed by atoms with Crippen molar-refractivity contribution in [2.75, 3.05) is 13.2 Å². The molecule has 6 heteroatoms. The van der Waals surface area contributed by atoms with Gasteiger partial charge in [0.15, 0.2) is 0 Å². The molecule has 0 aromatic carbocycles. The number of aliphatic hydroxyl groups excluding tert-OH is 2. The molecule has 2 unspecified atom stereocenters. The van der Waals surface area contributed by atoms with Gasteiger partial charge >= 0.3 is 5.97 Å². The van der Waals surface area contributed by atoms with Gasteiger partial charge in [0.1, 0.15) is 0 Å². The molecule has 0 radical (unpaired) electrons. The second-order valence-corrected chi connectivity index (χ2v) is 16.1. The summed E-state index contributed by atoms with van der Waals surface area (Å²) >= 11 is 0. The number of allylic oxidation sites excluding steroid dienone is 2. The van der Waals surface area contributed by atoms with E-state index in [1.165, 1.54) is 141 Å². The van der Waals surface area contributed by atoms with E-state index in [0.29, 0.717) is 25.9 Å². The maximum atomic E-state index is 12.4. The summed E-state index contributed by atoms with van der Waals surface area (Å²) in [4.78, 5) is 24.4. The van der Waals surface area contributed by atoms with Crippen LogP contribution < -0.4 is 5.32 Å². The van der Waals surface area contributed by atoms with E-state index in [4.69, 9.17) is 4.74 Å². The maximum absolute atomic E-state index is 12.4. The summed E-state index contributed by atoms with van der Waals surface area (Å²) in [6, 6.07) is -0.557. The van der Waals surface area contributed by atoms with Crippen molar-refractivity contribution in [3.05, 3.63) is 12.2 Å². The molecule has 0 aromatic rings. The van der Waals surface area contributed by atoms with Crippen molar-refractivity contribution >= 4 is 11.9 Å². The summed E-state index contributed by atoms with van der Waals surface area (Å²) in [6.45, 7) is 4.88. The largest absolute Gasteiger partial charge is 0.466 e. The molecule has 0 fully saturated rings. The fourth-order valence-corrected chi connectivity index (χ4v) is 7.16. The third-order valence-corrected chi connectivity index (χ3v) is 10.8. The van der Waals surface area contributed by atoms with Crippen LogP contribution in [-0.4, -0.2) is 47.4 Å². The summed E-state index contributed by atoms with van der Waals surface area (Å²) in [5, 5.41) is 23.1. The molecular formula is C47H91NO5. The molecule has 0 bridgehead atoms. The quantitative estimate of drug-likeness (QED) is 0.0328. The van der Waals surface area contributed by atoms with Crippen molar-refractivity contribution in [1.82, 2.24) is 5.32 Å². The smallest absolute Gasteiger partial charge is 0.305 e. The van der Waals surface area contributed by atoms with Gasteiger partial charge in [-0.15, -0.1) is 0 Å². The number of nitrogens with one attached hydrogen (secondary N) is 1. The molecule has 0 aromatic heterocycles. The van der Waals surface area contributed by atoms with Gasteiger partial charge in [-0.3, -0.25) is 9.59 Å². The molecule has 0 aliphatic carbocycles. The third kappa shape index (κ3) is 40.1. The molecule has 0 aliphatic heterocycles. The fourth-order valence-electron chi connectivity index (χ4n) is 7.16. The first kappa shape index (κ1) is 51.6. The molecule has 3 N–H and O–H groups in total. The number of ether oxygens (including phenoxy) is 1. The number of esters is 1. The van der Waals surface area contributed by atoms with Gasteiger partial charge in [-0.05, 0) is 57.8 Å². The van der Waals surface area contributed by atoms with Crippen molar-refractivity contribution in [2.45, 2.75) is 264 Å².